The van der Waals surface area contributed by atoms with E-state index in [2.05, 4.69) is 5.10 Å². The van der Waals surface area contributed by atoms with Crippen molar-refractivity contribution < 1.29 is 5.11 Å². The molecular weight excluding hydrogens is 202 g/mol. The summed E-state index contributed by atoms with van der Waals surface area (Å²) in [5, 5.41) is 14.9. The van der Waals surface area contributed by atoms with Crippen LogP contribution in [0.3, 0.4) is 0 Å². The number of nitrogens with two attached hydrogens (primary N) is 1. The van der Waals surface area contributed by atoms with Crippen LogP contribution in [0.25, 0.3) is 0 Å². The molecule has 1 aromatic heterocycles. The van der Waals surface area contributed by atoms with Crippen LogP contribution in [-0.2, 0) is 7.05 Å². The molecule has 0 amide bonds. The quantitative estimate of drug-likeness (QED) is 0.809. The molecule has 90 valence electrons. The zero-order valence-corrected chi connectivity index (χ0v) is 10.3. The number of aliphatic hydroxyl groups excluding tert-OH is 1. The molecular formula is C12H21N3O. The minimum absolute atomic E-state index is 0.0987. The molecule has 0 unspecified atom stereocenters. The largest absolute Gasteiger partial charge is 0.388 e. The predicted molar refractivity (Wildman–Crippen MR) is 63.0 cm³/mol. The fourth-order valence-electron chi connectivity index (χ4n) is 2.71. The smallest absolute Gasteiger partial charge is 0.0894 e. The van der Waals surface area contributed by atoms with Crippen molar-refractivity contribution in [1.29, 1.82) is 0 Å². The highest BCUT2D eigenvalue weighted by Crippen LogP contribution is 2.50. The summed E-state index contributed by atoms with van der Waals surface area (Å²) in [4.78, 5) is 0. The van der Waals surface area contributed by atoms with Crippen LogP contribution in [-0.4, -0.2) is 21.4 Å². The number of aliphatic hydroxyl groups is 1. The van der Waals surface area contributed by atoms with Crippen molar-refractivity contribution in [3.8, 4) is 0 Å². The first-order valence-electron chi connectivity index (χ1n) is 5.90. The minimum Gasteiger partial charge on any atom is -0.388 e. The number of aryl methyl sites for hydroxylation is 2. The Labute approximate surface area is 96.5 Å². The van der Waals surface area contributed by atoms with Crippen LogP contribution in [0.1, 0.15) is 42.3 Å². The second-order valence-electron chi connectivity index (χ2n) is 5.03. The van der Waals surface area contributed by atoms with Gasteiger partial charge in [-0.25, -0.2) is 0 Å². The van der Waals surface area contributed by atoms with E-state index in [9.17, 15) is 5.11 Å². The Morgan fingerprint density at radius 1 is 1.50 bits per heavy atom. The summed E-state index contributed by atoms with van der Waals surface area (Å²) < 4.78 is 1.83. The maximum Gasteiger partial charge on any atom is 0.0894 e. The highest BCUT2D eigenvalue weighted by Gasteiger charge is 2.44. The number of aromatic nitrogens is 2. The van der Waals surface area contributed by atoms with Gasteiger partial charge in [-0.3, -0.25) is 4.68 Å². The lowest BCUT2D eigenvalue weighted by atomic mass is 9.63. The molecule has 0 aromatic carbocycles. The van der Waals surface area contributed by atoms with Crippen LogP contribution < -0.4 is 5.73 Å². The van der Waals surface area contributed by atoms with Gasteiger partial charge < -0.3 is 10.8 Å². The molecule has 1 heterocycles. The van der Waals surface area contributed by atoms with E-state index in [0.717, 1.165) is 29.8 Å². The van der Waals surface area contributed by atoms with E-state index in [4.69, 9.17) is 5.73 Å². The lowest BCUT2D eigenvalue weighted by molar-refractivity contribution is -0.0304. The van der Waals surface area contributed by atoms with Crippen molar-refractivity contribution in [2.45, 2.75) is 39.2 Å². The van der Waals surface area contributed by atoms with Gasteiger partial charge in [0.2, 0.25) is 0 Å². The molecule has 1 aromatic rings. The van der Waals surface area contributed by atoms with Gasteiger partial charge in [0.25, 0.3) is 0 Å². The Balaban J connectivity index is 2.36. The molecule has 0 radical (unpaired) electrons. The summed E-state index contributed by atoms with van der Waals surface area (Å²) in [5.41, 5.74) is 8.68. The van der Waals surface area contributed by atoms with Gasteiger partial charge in [-0.05, 0) is 26.7 Å². The van der Waals surface area contributed by atoms with E-state index in [-0.39, 0.29) is 5.41 Å². The van der Waals surface area contributed by atoms with Gasteiger partial charge in [0.1, 0.15) is 0 Å². The van der Waals surface area contributed by atoms with Gasteiger partial charge >= 0.3 is 0 Å². The SMILES string of the molecule is Cc1nn(C)c(C)c1[C@H](O)C1(CN)CCC1. The van der Waals surface area contributed by atoms with Crippen LogP contribution in [0.5, 0.6) is 0 Å². The second kappa shape index (κ2) is 3.86. The number of rotatable bonds is 3. The Hall–Kier alpha value is -0.870. The summed E-state index contributed by atoms with van der Waals surface area (Å²) >= 11 is 0. The third-order valence-electron chi connectivity index (χ3n) is 4.17. The molecule has 1 fully saturated rings. The first-order valence-corrected chi connectivity index (χ1v) is 5.90. The highest BCUT2D eigenvalue weighted by molar-refractivity contribution is 5.29. The fraction of sp³-hybridized carbons (Fsp3) is 0.750. The zero-order chi connectivity index (χ0) is 11.9. The molecule has 0 spiro atoms. The van der Waals surface area contributed by atoms with Gasteiger partial charge in [0.15, 0.2) is 0 Å². The average molecular weight is 223 g/mol. The molecule has 2 rings (SSSR count). The summed E-state index contributed by atoms with van der Waals surface area (Å²) in [6, 6.07) is 0. The maximum absolute atomic E-state index is 10.5. The van der Waals surface area contributed by atoms with Crippen molar-refractivity contribution in [3.05, 3.63) is 17.0 Å². The number of hydrogen-bond donors (Lipinski definition) is 2. The average Bonchev–Trinajstić information content (AvgIpc) is 2.40. The van der Waals surface area contributed by atoms with Gasteiger partial charge in [-0.1, -0.05) is 6.42 Å². The van der Waals surface area contributed by atoms with E-state index in [1.165, 1.54) is 6.42 Å². The monoisotopic (exact) mass is 223 g/mol. The summed E-state index contributed by atoms with van der Waals surface area (Å²) in [6.45, 7) is 4.51. The van der Waals surface area contributed by atoms with Crippen molar-refractivity contribution in [3.63, 3.8) is 0 Å². The zero-order valence-electron chi connectivity index (χ0n) is 10.3. The first-order chi connectivity index (χ1) is 7.52. The van der Waals surface area contributed by atoms with Gasteiger partial charge in [-0.15, -0.1) is 0 Å². The molecule has 4 heteroatoms. The Morgan fingerprint density at radius 3 is 2.44 bits per heavy atom. The molecule has 4 nitrogen and oxygen atoms in total. The molecule has 0 saturated heterocycles. The van der Waals surface area contributed by atoms with E-state index >= 15 is 0 Å². The Bertz CT molecular complexity index is 388. The van der Waals surface area contributed by atoms with Crippen LogP contribution in [0, 0.1) is 19.3 Å². The van der Waals surface area contributed by atoms with Crippen LogP contribution in [0.4, 0.5) is 0 Å². The molecule has 0 aliphatic heterocycles. The summed E-state index contributed by atoms with van der Waals surface area (Å²) in [7, 11) is 1.91. The van der Waals surface area contributed by atoms with Crippen LogP contribution >= 0.6 is 0 Å². The van der Waals surface area contributed by atoms with E-state index in [1.54, 1.807) is 0 Å². The van der Waals surface area contributed by atoms with Crippen LogP contribution in [0.15, 0.2) is 0 Å². The molecule has 1 saturated carbocycles. The molecule has 1 aliphatic carbocycles. The highest BCUT2D eigenvalue weighted by atomic mass is 16.3. The number of hydrogen-bond acceptors (Lipinski definition) is 3. The summed E-state index contributed by atoms with van der Waals surface area (Å²) in [6.07, 6.45) is 2.77. The third kappa shape index (κ3) is 1.48. The van der Waals surface area contributed by atoms with E-state index < -0.39 is 6.10 Å². The van der Waals surface area contributed by atoms with Crippen molar-refractivity contribution in [2.24, 2.45) is 18.2 Å². The minimum atomic E-state index is -0.458. The molecule has 3 N–H and O–H groups in total. The van der Waals surface area contributed by atoms with Gasteiger partial charge in [0.05, 0.1) is 11.8 Å². The molecule has 16 heavy (non-hydrogen) atoms. The predicted octanol–water partition coefficient (Wildman–Crippen LogP) is 1.20. The third-order valence-corrected chi connectivity index (χ3v) is 4.17. The molecule has 1 aliphatic rings. The summed E-state index contributed by atoms with van der Waals surface area (Å²) in [5.74, 6) is 0. The second-order valence-corrected chi connectivity index (χ2v) is 5.03. The van der Waals surface area contributed by atoms with Crippen molar-refractivity contribution >= 4 is 0 Å². The Morgan fingerprint density at radius 2 is 2.12 bits per heavy atom. The van der Waals surface area contributed by atoms with E-state index in [1.807, 2.05) is 25.6 Å². The topological polar surface area (TPSA) is 64.1 Å². The lowest BCUT2D eigenvalue weighted by Crippen LogP contribution is -2.42. The first kappa shape index (κ1) is 11.6. The fourth-order valence-corrected chi connectivity index (χ4v) is 2.71. The van der Waals surface area contributed by atoms with Crippen molar-refractivity contribution in [1.82, 2.24) is 9.78 Å². The van der Waals surface area contributed by atoms with Crippen LogP contribution in [0.2, 0.25) is 0 Å². The number of nitrogens with zero attached hydrogens (tertiary/aromatic N) is 2. The maximum atomic E-state index is 10.5. The Kier molecular flexibility index (Phi) is 2.80. The molecule has 1 atom stereocenters. The van der Waals surface area contributed by atoms with E-state index in [0.29, 0.717) is 6.54 Å². The standard InChI is InChI=1S/C12H21N3O/c1-8-10(9(2)15(3)14-8)11(16)12(7-13)5-4-6-12/h11,16H,4-7,13H2,1-3H3/t11-/m0/s1. The van der Waals surface area contributed by atoms with Crippen molar-refractivity contribution in [2.75, 3.05) is 6.54 Å². The van der Waals surface area contributed by atoms with Gasteiger partial charge in [-0.2, -0.15) is 5.10 Å². The normalized spacial score (nSPS) is 20.6. The molecule has 0 bridgehead atoms. The van der Waals surface area contributed by atoms with Gasteiger partial charge in [0, 0.05) is 30.3 Å². The lowest BCUT2D eigenvalue weighted by Gasteiger charge is -2.44.